The van der Waals surface area contributed by atoms with E-state index in [0.717, 1.165) is 21.4 Å². The van der Waals surface area contributed by atoms with Crippen LogP contribution >= 0.6 is 15.9 Å². The van der Waals surface area contributed by atoms with Crippen molar-refractivity contribution in [1.82, 2.24) is 4.57 Å². The molecule has 0 saturated carbocycles. The zero-order valence-corrected chi connectivity index (χ0v) is 14.2. The molecule has 3 heteroatoms. The summed E-state index contributed by atoms with van der Waals surface area (Å²) in [6, 6.07) is 18.6. The van der Waals surface area contributed by atoms with Crippen LogP contribution in [0, 0.1) is 13.8 Å². The number of hydrogen-bond donors (Lipinski definition) is 0. The fourth-order valence-electron chi connectivity index (χ4n) is 2.40. The summed E-state index contributed by atoms with van der Waals surface area (Å²) >= 11 is 3.56. The number of rotatable bonds is 3. The summed E-state index contributed by atoms with van der Waals surface area (Å²) in [4.78, 5) is 4.58. The van der Waals surface area contributed by atoms with Crippen LogP contribution in [-0.4, -0.2) is 10.8 Å². The molecule has 3 aromatic rings. The highest BCUT2D eigenvalue weighted by Gasteiger charge is 2.03. The van der Waals surface area contributed by atoms with Crippen LogP contribution in [0.25, 0.3) is 5.69 Å². The lowest BCUT2D eigenvalue weighted by Crippen LogP contribution is -1.93. The third kappa shape index (κ3) is 3.20. The molecule has 0 radical (unpaired) electrons. The lowest BCUT2D eigenvalue weighted by atomic mass is 10.2. The van der Waals surface area contributed by atoms with Gasteiger partial charge in [0.05, 0.1) is 5.69 Å². The second kappa shape index (κ2) is 6.32. The van der Waals surface area contributed by atoms with Crippen molar-refractivity contribution < 1.29 is 0 Å². The van der Waals surface area contributed by atoms with Crippen LogP contribution in [-0.2, 0) is 0 Å². The molecular formula is C19H17BrN2. The molecule has 0 spiro atoms. The van der Waals surface area contributed by atoms with Gasteiger partial charge < -0.3 is 4.57 Å². The standard InChI is InChI=1S/C19H17BrN2/c1-14-8-9-19(18(20)10-14)21-12-16-11-15(2)22(13-16)17-6-4-3-5-7-17/h3-13H,1-2H3. The molecule has 0 aliphatic rings. The van der Waals surface area contributed by atoms with E-state index >= 15 is 0 Å². The highest BCUT2D eigenvalue weighted by molar-refractivity contribution is 9.10. The minimum atomic E-state index is 0.940. The van der Waals surface area contributed by atoms with Gasteiger partial charge in [0, 0.05) is 33.8 Å². The molecule has 0 unspecified atom stereocenters. The van der Waals surface area contributed by atoms with Crippen molar-refractivity contribution in [2.24, 2.45) is 4.99 Å². The monoisotopic (exact) mass is 352 g/mol. The molecule has 0 bridgehead atoms. The lowest BCUT2D eigenvalue weighted by Gasteiger charge is -2.04. The Morgan fingerprint density at radius 2 is 1.77 bits per heavy atom. The second-order valence-corrected chi connectivity index (χ2v) is 6.19. The summed E-state index contributed by atoms with van der Waals surface area (Å²) < 4.78 is 3.19. The Morgan fingerprint density at radius 3 is 2.50 bits per heavy atom. The van der Waals surface area contributed by atoms with E-state index in [1.807, 2.05) is 30.5 Å². The van der Waals surface area contributed by atoms with Gasteiger partial charge in [0.1, 0.15) is 0 Å². The average molecular weight is 353 g/mol. The number of halogens is 1. The maximum Gasteiger partial charge on any atom is 0.0772 e. The van der Waals surface area contributed by atoms with Gasteiger partial charge in [-0.25, -0.2) is 0 Å². The van der Waals surface area contributed by atoms with E-state index in [-0.39, 0.29) is 0 Å². The summed E-state index contributed by atoms with van der Waals surface area (Å²) in [5.41, 5.74) is 5.60. The first-order valence-corrected chi connectivity index (χ1v) is 7.97. The zero-order chi connectivity index (χ0) is 15.5. The molecule has 1 heterocycles. The molecule has 22 heavy (non-hydrogen) atoms. The normalized spacial score (nSPS) is 11.2. The van der Waals surface area contributed by atoms with Gasteiger partial charge in [-0.3, -0.25) is 4.99 Å². The summed E-state index contributed by atoms with van der Waals surface area (Å²) in [5, 5.41) is 0. The van der Waals surface area contributed by atoms with Crippen LogP contribution in [0.3, 0.4) is 0 Å². The smallest absolute Gasteiger partial charge is 0.0772 e. The summed E-state index contributed by atoms with van der Waals surface area (Å²) in [6.07, 6.45) is 4.01. The Kier molecular flexibility index (Phi) is 4.25. The molecule has 0 amide bonds. The largest absolute Gasteiger partial charge is 0.321 e. The van der Waals surface area contributed by atoms with Gasteiger partial charge in [0.25, 0.3) is 0 Å². The Bertz CT molecular complexity index is 817. The van der Waals surface area contributed by atoms with Crippen LogP contribution in [0.2, 0.25) is 0 Å². The summed E-state index contributed by atoms with van der Waals surface area (Å²) in [7, 11) is 0. The van der Waals surface area contributed by atoms with Crippen molar-refractivity contribution in [1.29, 1.82) is 0 Å². The number of aryl methyl sites for hydroxylation is 2. The maximum absolute atomic E-state index is 4.58. The molecule has 0 fully saturated rings. The molecule has 0 N–H and O–H groups in total. The van der Waals surface area contributed by atoms with E-state index in [2.05, 4.69) is 75.9 Å². The van der Waals surface area contributed by atoms with Crippen LogP contribution in [0.4, 0.5) is 5.69 Å². The zero-order valence-electron chi connectivity index (χ0n) is 12.6. The van der Waals surface area contributed by atoms with Gasteiger partial charge in [-0.05, 0) is 65.7 Å². The third-order valence-electron chi connectivity index (χ3n) is 3.52. The van der Waals surface area contributed by atoms with E-state index in [4.69, 9.17) is 0 Å². The molecule has 2 nitrogen and oxygen atoms in total. The van der Waals surface area contributed by atoms with E-state index in [1.165, 1.54) is 11.3 Å². The topological polar surface area (TPSA) is 17.3 Å². The first-order chi connectivity index (χ1) is 10.6. The van der Waals surface area contributed by atoms with Gasteiger partial charge in [0.2, 0.25) is 0 Å². The Morgan fingerprint density at radius 1 is 1.00 bits per heavy atom. The molecule has 1 aromatic heterocycles. The van der Waals surface area contributed by atoms with Gasteiger partial charge in [-0.15, -0.1) is 0 Å². The lowest BCUT2D eigenvalue weighted by molar-refractivity contribution is 1.02. The molecule has 110 valence electrons. The highest BCUT2D eigenvalue weighted by Crippen LogP contribution is 2.26. The minimum Gasteiger partial charge on any atom is -0.321 e. The van der Waals surface area contributed by atoms with Crippen molar-refractivity contribution >= 4 is 27.8 Å². The molecule has 3 rings (SSSR count). The Balaban J connectivity index is 1.89. The first-order valence-electron chi connectivity index (χ1n) is 7.18. The van der Waals surface area contributed by atoms with Gasteiger partial charge in [-0.1, -0.05) is 24.3 Å². The van der Waals surface area contributed by atoms with Crippen molar-refractivity contribution in [2.75, 3.05) is 0 Å². The van der Waals surface area contributed by atoms with Gasteiger partial charge in [-0.2, -0.15) is 0 Å². The third-order valence-corrected chi connectivity index (χ3v) is 4.16. The average Bonchev–Trinajstić information content (AvgIpc) is 2.88. The predicted octanol–water partition coefficient (Wildman–Crippen LogP) is 5.61. The fourth-order valence-corrected chi connectivity index (χ4v) is 2.99. The van der Waals surface area contributed by atoms with Crippen LogP contribution in [0.5, 0.6) is 0 Å². The van der Waals surface area contributed by atoms with Crippen LogP contribution in [0.15, 0.2) is 70.3 Å². The minimum absolute atomic E-state index is 0.940. The maximum atomic E-state index is 4.58. The second-order valence-electron chi connectivity index (χ2n) is 5.33. The summed E-state index contributed by atoms with van der Waals surface area (Å²) in [5.74, 6) is 0. The molecular weight excluding hydrogens is 336 g/mol. The number of nitrogens with zero attached hydrogens (tertiary/aromatic N) is 2. The van der Waals surface area contributed by atoms with E-state index in [1.54, 1.807) is 0 Å². The number of aliphatic imine (C=N–C) groups is 1. The predicted molar refractivity (Wildman–Crippen MR) is 96.6 cm³/mol. The first kappa shape index (κ1) is 14.8. The van der Waals surface area contributed by atoms with Gasteiger partial charge >= 0.3 is 0 Å². The van der Waals surface area contributed by atoms with E-state index in [0.29, 0.717) is 0 Å². The molecule has 0 saturated heterocycles. The highest BCUT2D eigenvalue weighted by atomic mass is 79.9. The number of benzene rings is 2. The molecule has 2 aromatic carbocycles. The molecule has 0 atom stereocenters. The Labute approximate surface area is 139 Å². The number of hydrogen-bond acceptors (Lipinski definition) is 1. The van der Waals surface area contributed by atoms with Crippen molar-refractivity contribution in [3.05, 3.63) is 82.1 Å². The van der Waals surface area contributed by atoms with E-state index in [9.17, 15) is 0 Å². The van der Waals surface area contributed by atoms with Crippen molar-refractivity contribution in [3.63, 3.8) is 0 Å². The Hall–Kier alpha value is -2.13. The summed E-state index contributed by atoms with van der Waals surface area (Å²) in [6.45, 7) is 4.17. The molecule has 0 aliphatic heterocycles. The van der Waals surface area contributed by atoms with Crippen molar-refractivity contribution in [2.45, 2.75) is 13.8 Å². The fraction of sp³-hybridized carbons (Fsp3) is 0.105. The molecule has 0 aliphatic carbocycles. The van der Waals surface area contributed by atoms with E-state index < -0.39 is 0 Å². The van der Waals surface area contributed by atoms with Crippen LogP contribution in [0.1, 0.15) is 16.8 Å². The van der Waals surface area contributed by atoms with Gasteiger partial charge in [0.15, 0.2) is 0 Å². The van der Waals surface area contributed by atoms with Crippen molar-refractivity contribution in [3.8, 4) is 5.69 Å². The number of aromatic nitrogens is 1. The van der Waals surface area contributed by atoms with Crippen LogP contribution < -0.4 is 0 Å². The SMILES string of the molecule is Cc1ccc(N=Cc2cc(C)n(-c3ccccc3)c2)c(Br)c1. The number of para-hydroxylation sites is 1. The quantitative estimate of drug-likeness (QED) is 0.545.